The van der Waals surface area contributed by atoms with E-state index in [1.54, 1.807) is 86.3 Å². The summed E-state index contributed by atoms with van der Waals surface area (Å²) >= 11 is 45.3. The predicted molar refractivity (Wildman–Crippen MR) is 605 cm³/mol. The van der Waals surface area contributed by atoms with Gasteiger partial charge in [0, 0.05) is 49.8 Å². The van der Waals surface area contributed by atoms with Crippen LogP contribution in [-0.4, -0.2) is 93.9 Å². The zero-order valence-corrected chi connectivity index (χ0v) is 95.2. The molecule has 0 bridgehead atoms. The third-order valence-corrected chi connectivity index (χ3v) is 49.8. The normalized spacial score (nSPS) is 10.8. The maximum absolute atomic E-state index is 12.2. The molecule has 14 nitrogen and oxygen atoms in total. The minimum Gasteiger partial charge on any atom is -0.0622 e. The molecule has 0 amide bonds. The maximum atomic E-state index is 12.2. The molecule has 0 radical (unpaired) electrons. The molecule has 18 aromatic rings. The first kappa shape index (κ1) is 114. The number of benzene rings is 11. The van der Waals surface area contributed by atoms with Crippen LogP contribution < -0.4 is 64.0 Å². The Bertz CT molecular complexity index is 6520. The Hall–Kier alpha value is -8.36. The van der Waals surface area contributed by atoms with Gasteiger partial charge in [-0.05, 0) is 171 Å². The topological polar surface area (TPSA) is 177 Å². The third kappa shape index (κ3) is 32.3. The van der Waals surface area contributed by atoms with Crippen LogP contribution in [0.4, 0.5) is 0 Å². The first-order valence-corrected chi connectivity index (χ1v) is 64.3. The number of methoxy groups -OCH3 is 5. The number of aryl methyl sites for hydroxylation is 5. The third-order valence-electron chi connectivity index (χ3n) is 22.0. The molecular weight excluding hydrogens is 2230 g/mol. The van der Waals surface area contributed by atoms with Crippen LogP contribution >= 0.6 is 150 Å². The van der Waals surface area contributed by atoms with E-state index in [0.717, 1.165) is 71.2 Å². The Balaban J connectivity index is 0.000000165. The molecule has 0 atom stereocenters. The number of thiazole rings is 3. The van der Waals surface area contributed by atoms with Crippen LogP contribution in [0.15, 0.2) is 300 Å². The fourth-order valence-corrected chi connectivity index (χ4v) is 42.4. The van der Waals surface area contributed by atoms with Crippen molar-refractivity contribution in [2.24, 2.45) is 0 Å². The first-order chi connectivity index (χ1) is 67.8. The van der Waals surface area contributed by atoms with Crippen molar-refractivity contribution in [3.8, 4) is 50.2 Å². The number of halogens is 9. The molecule has 11 aromatic carbocycles. The summed E-state index contributed by atoms with van der Waals surface area (Å²) in [5.74, 6) is 3.14. The SMILES string of the molecule is CCC[CH2][Sn]([CH2]CCC)([CH2]CCC)[c]1nc(C)cs1.COc1ccc(CO)cc1.COc1ccc2c(=O)cc(-c3nc(C)cs3)[nH]c2c1Cl.COc1ccc2c(C)cc(-c3nc(C)cs3)nc2c1Cl.COc1ccc2c(C)cc(Cl)nc2c1Cl.COc1ccc2c(Cl)cc(Cl)nc2c1Cl.[Cl][Pd][Cl].c1ccc(P(c2ccccc2)c2ccccc2)cc1.c1ccc(P(c2ccccc2)c2ccccc2)cc1. The Labute approximate surface area is 891 Å². The second-order valence-corrected chi connectivity index (χ2v) is 57.8. The van der Waals surface area contributed by atoms with E-state index >= 15 is 0 Å². The molecule has 0 aliphatic rings. The molecule has 0 aliphatic heterocycles. The second kappa shape index (κ2) is 59.2. The summed E-state index contributed by atoms with van der Waals surface area (Å²) in [6.45, 7) is 17.2. The molecule has 0 unspecified atom stereocenters. The van der Waals surface area contributed by atoms with Crippen molar-refractivity contribution in [3.63, 3.8) is 0 Å². The summed E-state index contributed by atoms with van der Waals surface area (Å²) in [6.07, 6.45) is 8.34. The zero-order chi connectivity index (χ0) is 101. The number of hydrogen-bond acceptors (Lipinski definition) is 16. The number of unbranched alkanes of at least 4 members (excludes halogenated alkanes) is 3. The standard InChI is InChI=1S/2C18H15P.C15H13ClN2OS.C14H11ClN2O2S.C11H9Cl2NO.C10H6Cl3NO.C8H10O2.C4H4NS.3C4H9.2ClH.Pd.Sn/c2*1-4-10-16(11-5-1)19(17-12-6-2-7-13-17)18-14-8-3-9-15-18;1-8-6-11(15-17-9(2)7-20-15)18-14-10(8)4-5-12(19-3)13(14)16;1-7-6-20-14(16-7)9-5-10(18)8-3-4-11(19-2)12(15)13(8)17-9;1-6-5-9(12)14-11-7(6)3-4-8(15-2)10(11)13;1-15-7-3-2-5-6(11)4-8(12)14-10(5)9(7)13;1-10-8-4-2-7(6-9)3-5-8;1-4-2-6-3-5-4;3*1-3-4-2;;;;/h2*1-15H;4-7H,1-3H3;3-6H,1-2H3,(H,17,18);3-5H,1-2H3;2-4H,1H3;2-5,9H,6H2,1H3;2H,1H3;3*1,3-4H2,2H3;2*1H;;/q;;;;;;;;;;;;;+2;/p-2. The van der Waals surface area contributed by atoms with Crippen LogP contribution in [0.5, 0.6) is 28.7 Å². The average molecular weight is 2340 g/mol. The zero-order valence-electron chi connectivity index (χ0n) is 79.8. The summed E-state index contributed by atoms with van der Waals surface area (Å²) in [5, 5.41) is 31.4. The van der Waals surface area contributed by atoms with Crippen LogP contribution in [0.3, 0.4) is 0 Å². The van der Waals surface area contributed by atoms with Gasteiger partial charge in [0.1, 0.15) is 69.2 Å². The van der Waals surface area contributed by atoms with Gasteiger partial charge in [-0.25, -0.2) is 24.9 Å². The summed E-state index contributed by atoms with van der Waals surface area (Å²) in [7, 11) is 16.6. The molecule has 732 valence electrons. The van der Waals surface area contributed by atoms with Gasteiger partial charge in [-0.15, -0.1) is 22.7 Å². The quantitative estimate of drug-likeness (QED) is 0.0332. The molecule has 7 aromatic heterocycles. The van der Waals surface area contributed by atoms with Crippen molar-refractivity contribution >= 4 is 247 Å². The van der Waals surface area contributed by atoms with E-state index in [4.69, 9.17) is 134 Å². The van der Waals surface area contributed by atoms with E-state index < -0.39 is 34.2 Å². The molecule has 0 spiro atoms. The van der Waals surface area contributed by atoms with E-state index in [-0.39, 0.29) is 28.0 Å². The van der Waals surface area contributed by atoms with E-state index in [9.17, 15) is 4.79 Å². The number of aliphatic hydroxyl groups is 1. The summed E-state index contributed by atoms with van der Waals surface area (Å²) in [6, 6.07) is 93.5. The van der Waals surface area contributed by atoms with Gasteiger partial charge >= 0.3 is 163 Å². The van der Waals surface area contributed by atoms with Gasteiger partial charge in [0.05, 0.1) is 80.6 Å². The molecule has 0 saturated carbocycles. The number of nitrogens with one attached hydrogen (secondary N) is 1. The number of H-pyrrole nitrogens is 1. The van der Waals surface area contributed by atoms with Crippen LogP contribution in [0.2, 0.25) is 48.7 Å². The van der Waals surface area contributed by atoms with Crippen LogP contribution in [0.25, 0.3) is 65.0 Å². The number of fused-ring (bicyclic) bond motifs is 4. The minimum atomic E-state index is -2.17. The van der Waals surface area contributed by atoms with Gasteiger partial charge in [0.2, 0.25) is 0 Å². The summed E-state index contributed by atoms with van der Waals surface area (Å²) in [5.41, 5.74) is 10.2. The first-order valence-electron chi connectivity index (χ1n) is 44.9. The van der Waals surface area contributed by atoms with Crippen LogP contribution in [0.1, 0.15) is 93.1 Å². The van der Waals surface area contributed by atoms with Gasteiger partial charge < -0.3 is 33.8 Å². The molecular formula is C110H110Cl9N7O7P2PdS3Sn. The van der Waals surface area contributed by atoms with Crippen LogP contribution in [0, 0.1) is 34.6 Å². The van der Waals surface area contributed by atoms with Crippen molar-refractivity contribution in [1.82, 2.24) is 34.9 Å². The summed E-state index contributed by atoms with van der Waals surface area (Å²) < 4.78 is 31.8. The van der Waals surface area contributed by atoms with Gasteiger partial charge in [0.25, 0.3) is 0 Å². The van der Waals surface area contributed by atoms with Crippen molar-refractivity contribution < 1.29 is 44.7 Å². The van der Waals surface area contributed by atoms with Crippen molar-refractivity contribution in [1.29, 1.82) is 0 Å². The molecule has 18 rings (SSSR count). The van der Waals surface area contributed by atoms with Crippen molar-refractivity contribution in [2.75, 3.05) is 35.5 Å². The van der Waals surface area contributed by atoms with E-state index in [1.165, 1.54) is 101 Å². The second-order valence-electron chi connectivity index (χ2n) is 31.7. The molecule has 0 saturated heterocycles. The largest absolute Gasteiger partial charge is 0.0622 e. The fraction of sp³-hybridized carbons (Fsp3) is 0.209. The fourth-order valence-electron chi connectivity index (χ4n) is 14.9. The Kier molecular flexibility index (Phi) is 48.0. The number of pyridine rings is 4. The number of ether oxygens (including phenoxy) is 5. The number of nitrogens with zero attached hydrogens (tertiary/aromatic N) is 6. The predicted octanol–water partition coefficient (Wildman–Crippen LogP) is 31.3. The number of aromatic nitrogens is 7. The Morgan fingerprint density at radius 3 is 1.08 bits per heavy atom. The average Bonchev–Trinajstić information content (AvgIpc) is 1.32. The molecule has 0 aliphatic carbocycles. The number of aliphatic hydroxyl groups excluding tert-OH is 1. The number of hydrogen-bond donors (Lipinski definition) is 2. The monoisotopic (exact) mass is 2340 g/mol. The Morgan fingerprint density at radius 1 is 0.379 bits per heavy atom. The smallest absolute Gasteiger partial charge is 0.0134 e. The van der Waals surface area contributed by atoms with Crippen molar-refractivity contribution in [2.45, 2.75) is 114 Å². The van der Waals surface area contributed by atoms with Gasteiger partial charge in [-0.2, -0.15) is 0 Å². The van der Waals surface area contributed by atoms with E-state index in [0.29, 0.717) is 86.0 Å². The maximum Gasteiger partial charge on any atom is -0.0134 e. The number of aromatic amines is 1. The minimum absolute atomic E-state index is 0.0873. The molecule has 30 heteroatoms. The van der Waals surface area contributed by atoms with Gasteiger partial charge in [0.15, 0.2) is 5.43 Å². The van der Waals surface area contributed by atoms with Gasteiger partial charge in [-0.3, -0.25) is 4.79 Å². The summed E-state index contributed by atoms with van der Waals surface area (Å²) in [4.78, 5) is 42.2. The molecule has 140 heavy (non-hydrogen) atoms. The molecule has 2 N–H and O–H groups in total. The van der Waals surface area contributed by atoms with Crippen LogP contribution in [-0.2, 0) is 22.5 Å². The van der Waals surface area contributed by atoms with E-state index in [1.807, 2.05) is 104 Å². The molecule has 7 heterocycles. The molecule has 0 fully saturated rings. The van der Waals surface area contributed by atoms with E-state index in [2.05, 4.69) is 252 Å². The number of rotatable bonds is 24. The van der Waals surface area contributed by atoms with Crippen molar-refractivity contribution in [3.05, 3.63) is 375 Å². The Morgan fingerprint density at radius 2 is 0.721 bits per heavy atom. The van der Waals surface area contributed by atoms with Gasteiger partial charge in [-0.1, -0.05) is 275 Å².